The Hall–Kier alpha value is -0.830. The van der Waals surface area contributed by atoms with E-state index in [1.54, 1.807) is 0 Å². The van der Waals surface area contributed by atoms with E-state index in [-0.39, 0.29) is 11.8 Å². The van der Waals surface area contributed by atoms with E-state index in [4.69, 9.17) is 0 Å². The van der Waals surface area contributed by atoms with Gasteiger partial charge in [-0.1, -0.05) is 65.5 Å². The Morgan fingerprint density at radius 3 is 2.65 bits per heavy atom. The lowest BCUT2D eigenvalue weighted by atomic mass is 10.1. The molecule has 1 aromatic carbocycles. The molecule has 0 spiro atoms. The van der Waals surface area contributed by atoms with Crippen molar-refractivity contribution in [1.82, 2.24) is 5.32 Å². The minimum absolute atomic E-state index is 0.195. The first-order valence-corrected chi connectivity index (χ1v) is 8.66. The van der Waals surface area contributed by atoms with Crippen molar-refractivity contribution in [3.05, 3.63) is 35.9 Å². The van der Waals surface area contributed by atoms with Gasteiger partial charge in [0, 0.05) is 16.8 Å². The highest BCUT2D eigenvalue weighted by atomic mass is 79.9. The average Bonchev–Trinajstić information content (AvgIpc) is 3.27. The van der Waals surface area contributed by atoms with Gasteiger partial charge in [-0.2, -0.15) is 0 Å². The maximum atomic E-state index is 12.4. The van der Waals surface area contributed by atoms with Crippen LogP contribution in [0.3, 0.4) is 0 Å². The Morgan fingerprint density at radius 2 is 1.85 bits per heavy atom. The number of amides is 1. The maximum absolute atomic E-state index is 12.4. The third-order valence-corrected chi connectivity index (χ3v) is 5.71. The van der Waals surface area contributed by atoms with Crippen molar-refractivity contribution < 1.29 is 4.79 Å². The molecule has 3 rings (SSSR count). The van der Waals surface area contributed by atoms with Crippen LogP contribution in [0, 0.1) is 5.92 Å². The van der Waals surface area contributed by atoms with Crippen LogP contribution in [0.1, 0.15) is 50.0 Å². The number of carbonyl (C=O) groups excluding carboxylic acids is 1. The summed E-state index contributed by atoms with van der Waals surface area (Å²) in [5.74, 6) is 0.895. The summed E-state index contributed by atoms with van der Waals surface area (Å²) in [5.41, 5.74) is 1.31. The molecule has 4 atom stereocenters. The van der Waals surface area contributed by atoms with Gasteiger partial charge >= 0.3 is 0 Å². The van der Waals surface area contributed by atoms with Crippen molar-refractivity contribution in [2.24, 2.45) is 5.92 Å². The van der Waals surface area contributed by atoms with Crippen molar-refractivity contribution >= 4 is 21.8 Å². The second kappa shape index (κ2) is 6.30. The summed E-state index contributed by atoms with van der Waals surface area (Å²) in [6.07, 6.45) is 7.11. The molecule has 2 aliphatic carbocycles. The van der Waals surface area contributed by atoms with E-state index < -0.39 is 0 Å². The molecule has 0 heterocycles. The van der Waals surface area contributed by atoms with Crippen LogP contribution in [-0.4, -0.2) is 16.8 Å². The summed E-state index contributed by atoms with van der Waals surface area (Å²) in [4.78, 5) is 12.8. The molecule has 2 nitrogen and oxygen atoms in total. The molecule has 1 amide bonds. The number of nitrogens with one attached hydrogen (secondary N) is 1. The first-order chi connectivity index (χ1) is 9.75. The van der Waals surface area contributed by atoms with Gasteiger partial charge in [-0.25, -0.2) is 0 Å². The van der Waals surface area contributed by atoms with E-state index in [1.165, 1.54) is 31.2 Å². The van der Waals surface area contributed by atoms with Crippen molar-refractivity contribution in [2.45, 2.75) is 55.3 Å². The fraction of sp³-hybridized carbons (Fsp3) is 0.588. The Bertz CT molecular complexity index is 461. The Labute approximate surface area is 129 Å². The SMILES string of the molecule is O=C(NC1CCCCCC1Br)C1CC1c1ccccc1. The summed E-state index contributed by atoms with van der Waals surface area (Å²) < 4.78 is 0. The predicted molar refractivity (Wildman–Crippen MR) is 85.0 cm³/mol. The number of benzene rings is 1. The summed E-state index contributed by atoms with van der Waals surface area (Å²) >= 11 is 3.75. The van der Waals surface area contributed by atoms with Crippen LogP contribution < -0.4 is 5.32 Å². The van der Waals surface area contributed by atoms with E-state index in [0.717, 1.165) is 12.8 Å². The molecule has 2 fully saturated rings. The number of hydrogen-bond donors (Lipinski definition) is 1. The molecular formula is C17H22BrNO. The Kier molecular flexibility index (Phi) is 4.45. The first-order valence-electron chi connectivity index (χ1n) is 7.75. The lowest BCUT2D eigenvalue weighted by molar-refractivity contribution is -0.123. The van der Waals surface area contributed by atoms with Crippen molar-refractivity contribution in [3.8, 4) is 0 Å². The molecular weight excluding hydrogens is 314 g/mol. The standard InChI is InChI=1S/C17H22BrNO/c18-15-9-5-2-6-10-16(15)19-17(20)14-11-13(14)12-7-3-1-4-8-12/h1,3-4,7-8,13-16H,2,5-6,9-11H2,(H,19,20). The number of carbonyl (C=O) groups is 1. The van der Waals surface area contributed by atoms with Gasteiger partial charge in [0.2, 0.25) is 5.91 Å². The molecule has 2 aliphatic rings. The molecule has 4 unspecified atom stereocenters. The molecule has 20 heavy (non-hydrogen) atoms. The van der Waals surface area contributed by atoms with Crippen LogP contribution >= 0.6 is 15.9 Å². The fourth-order valence-corrected chi connectivity index (χ4v) is 3.99. The number of alkyl halides is 1. The third kappa shape index (κ3) is 3.25. The molecule has 0 bridgehead atoms. The maximum Gasteiger partial charge on any atom is 0.224 e. The van der Waals surface area contributed by atoms with Crippen LogP contribution in [0.4, 0.5) is 0 Å². The van der Waals surface area contributed by atoms with Gasteiger partial charge in [-0.05, 0) is 30.7 Å². The van der Waals surface area contributed by atoms with Crippen LogP contribution in [0.15, 0.2) is 30.3 Å². The van der Waals surface area contributed by atoms with Gasteiger partial charge in [0.25, 0.3) is 0 Å². The molecule has 108 valence electrons. The average molecular weight is 336 g/mol. The summed E-state index contributed by atoms with van der Waals surface area (Å²) in [5, 5.41) is 3.28. The van der Waals surface area contributed by atoms with Crippen molar-refractivity contribution in [3.63, 3.8) is 0 Å². The van der Waals surface area contributed by atoms with E-state index in [9.17, 15) is 4.79 Å². The van der Waals surface area contributed by atoms with Crippen LogP contribution in [-0.2, 0) is 4.79 Å². The Balaban J connectivity index is 1.55. The summed E-state index contributed by atoms with van der Waals surface area (Å²) in [6, 6.07) is 10.7. The molecule has 0 aliphatic heterocycles. The van der Waals surface area contributed by atoms with Gasteiger partial charge in [0.1, 0.15) is 0 Å². The normalized spacial score (nSPS) is 33.2. The highest BCUT2D eigenvalue weighted by molar-refractivity contribution is 9.09. The zero-order chi connectivity index (χ0) is 13.9. The predicted octanol–water partition coefficient (Wildman–Crippen LogP) is 4.00. The fourth-order valence-electron chi connectivity index (χ4n) is 3.27. The van der Waals surface area contributed by atoms with Gasteiger partial charge in [-0.3, -0.25) is 4.79 Å². The molecule has 0 saturated heterocycles. The van der Waals surface area contributed by atoms with Gasteiger partial charge in [-0.15, -0.1) is 0 Å². The monoisotopic (exact) mass is 335 g/mol. The lowest BCUT2D eigenvalue weighted by Crippen LogP contribution is -2.41. The first kappa shape index (κ1) is 14.1. The third-order valence-electron chi connectivity index (χ3n) is 4.61. The van der Waals surface area contributed by atoms with E-state index in [0.29, 0.717) is 16.8 Å². The second-order valence-corrected chi connectivity index (χ2v) is 7.30. The molecule has 1 N–H and O–H groups in total. The highest BCUT2D eigenvalue weighted by Crippen LogP contribution is 2.47. The van der Waals surface area contributed by atoms with Crippen LogP contribution in [0.25, 0.3) is 0 Å². The zero-order valence-electron chi connectivity index (χ0n) is 11.7. The van der Waals surface area contributed by atoms with E-state index >= 15 is 0 Å². The molecule has 0 radical (unpaired) electrons. The van der Waals surface area contributed by atoms with E-state index in [2.05, 4.69) is 45.5 Å². The minimum atomic E-state index is 0.195. The smallest absolute Gasteiger partial charge is 0.224 e. The zero-order valence-corrected chi connectivity index (χ0v) is 13.3. The van der Waals surface area contributed by atoms with Crippen LogP contribution in [0.2, 0.25) is 0 Å². The van der Waals surface area contributed by atoms with Gasteiger partial charge < -0.3 is 5.32 Å². The quantitative estimate of drug-likeness (QED) is 0.656. The number of hydrogen-bond acceptors (Lipinski definition) is 1. The lowest BCUT2D eigenvalue weighted by Gasteiger charge is -2.21. The molecule has 2 saturated carbocycles. The minimum Gasteiger partial charge on any atom is -0.352 e. The molecule has 0 aromatic heterocycles. The Morgan fingerprint density at radius 1 is 1.10 bits per heavy atom. The largest absolute Gasteiger partial charge is 0.352 e. The van der Waals surface area contributed by atoms with Gasteiger partial charge in [0.15, 0.2) is 0 Å². The van der Waals surface area contributed by atoms with E-state index in [1.807, 2.05) is 6.07 Å². The van der Waals surface area contributed by atoms with Crippen molar-refractivity contribution in [2.75, 3.05) is 0 Å². The molecule has 1 aromatic rings. The van der Waals surface area contributed by atoms with Crippen LogP contribution in [0.5, 0.6) is 0 Å². The topological polar surface area (TPSA) is 29.1 Å². The van der Waals surface area contributed by atoms with Gasteiger partial charge in [0.05, 0.1) is 0 Å². The highest BCUT2D eigenvalue weighted by Gasteiger charge is 2.44. The summed E-state index contributed by atoms with van der Waals surface area (Å²) in [7, 11) is 0. The van der Waals surface area contributed by atoms with Crippen molar-refractivity contribution in [1.29, 1.82) is 0 Å². The number of halogens is 1. The number of rotatable bonds is 3. The molecule has 3 heteroatoms. The second-order valence-electron chi connectivity index (χ2n) is 6.13. The summed E-state index contributed by atoms with van der Waals surface area (Å²) in [6.45, 7) is 0.